The van der Waals surface area contributed by atoms with Gasteiger partial charge in [-0.25, -0.2) is 18.8 Å². The number of nitrogens with zero attached hydrogens (tertiary/aromatic N) is 3. The first kappa shape index (κ1) is 25.4. The van der Waals surface area contributed by atoms with Crippen molar-refractivity contribution in [2.24, 2.45) is 5.10 Å². The molecule has 4 aromatic rings. The Morgan fingerprint density at radius 2 is 1.83 bits per heavy atom. The number of pyridine rings is 1. The maximum Gasteiger partial charge on any atom is 0.264 e. The molecule has 0 spiro atoms. The van der Waals surface area contributed by atoms with Crippen LogP contribution in [0.4, 0.5) is 5.69 Å². The number of benzene rings is 3. The van der Waals surface area contributed by atoms with E-state index < -0.39 is 22.5 Å². The quantitative estimate of drug-likeness (QED) is 0.194. The molecule has 0 bridgehead atoms. The molecule has 36 heavy (non-hydrogen) atoms. The van der Waals surface area contributed by atoms with Gasteiger partial charge in [0.25, 0.3) is 15.9 Å². The second-order valence-electron chi connectivity index (χ2n) is 7.52. The molecule has 0 aliphatic rings. The maximum atomic E-state index is 13.3. The van der Waals surface area contributed by atoms with Crippen LogP contribution in [0.1, 0.15) is 5.56 Å². The number of carbonyl (C=O) groups is 1. The zero-order valence-corrected chi connectivity index (χ0v) is 21.3. The summed E-state index contributed by atoms with van der Waals surface area (Å²) in [4.78, 5) is 17.1. The van der Waals surface area contributed by atoms with Gasteiger partial charge in [0.1, 0.15) is 17.4 Å². The van der Waals surface area contributed by atoms with Gasteiger partial charge in [-0.05, 0) is 48.5 Å². The highest BCUT2D eigenvalue weighted by Gasteiger charge is 2.27. The van der Waals surface area contributed by atoms with E-state index in [1.165, 1.54) is 24.4 Å². The number of rotatable bonds is 8. The monoisotopic (exact) mass is 542 g/mol. The third-order valence-corrected chi connectivity index (χ3v) is 7.44. The molecule has 1 N–H and O–H groups in total. The molecule has 11 heteroatoms. The second kappa shape index (κ2) is 10.9. The number of carbonyl (C=O) groups excluding carboxylic acids is 1. The number of hydrogen-bond donors (Lipinski definition) is 1. The first-order chi connectivity index (χ1) is 17.3. The molecule has 184 valence electrons. The predicted octanol–water partition coefficient (Wildman–Crippen LogP) is 4.90. The van der Waals surface area contributed by atoms with Crippen LogP contribution in [0.25, 0.3) is 10.9 Å². The molecule has 1 amide bonds. The van der Waals surface area contributed by atoms with Gasteiger partial charge in [0, 0.05) is 22.0 Å². The van der Waals surface area contributed by atoms with Gasteiger partial charge in [-0.15, -0.1) is 0 Å². The lowest BCUT2D eigenvalue weighted by Gasteiger charge is -2.23. The van der Waals surface area contributed by atoms with Gasteiger partial charge in [-0.1, -0.05) is 47.5 Å². The van der Waals surface area contributed by atoms with E-state index in [0.29, 0.717) is 21.9 Å². The van der Waals surface area contributed by atoms with Crippen LogP contribution in [-0.2, 0) is 14.8 Å². The van der Waals surface area contributed by atoms with Crippen molar-refractivity contribution in [2.45, 2.75) is 4.90 Å². The van der Waals surface area contributed by atoms with Crippen LogP contribution in [0.5, 0.6) is 5.75 Å². The molecule has 0 aliphatic heterocycles. The summed E-state index contributed by atoms with van der Waals surface area (Å²) in [5, 5.41) is 5.25. The number of aromatic nitrogens is 1. The van der Waals surface area contributed by atoms with Gasteiger partial charge in [0.2, 0.25) is 0 Å². The topological polar surface area (TPSA) is 101 Å². The van der Waals surface area contributed by atoms with E-state index >= 15 is 0 Å². The molecule has 0 saturated heterocycles. The number of nitrogens with one attached hydrogen (secondary N) is 1. The van der Waals surface area contributed by atoms with Crippen molar-refractivity contribution in [1.29, 1.82) is 0 Å². The highest BCUT2D eigenvalue weighted by molar-refractivity contribution is 7.92. The van der Waals surface area contributed by atoms with Gasteiger partial charge in [0.05, 0.1) is 29.4 Å². The van der Waals surface area contributed by atoms with Gasteiger partial charge >= 0.3 is 0 Å². The minimum absolute atomic E-state index is 0.0342. The lowest BCUT2D eigenvalue weighted by molar-refractivity contribution is -0.119. The average Bonchev–Trinajstić information content (AvgIpc) is 2.87. The molecule has 0 aliphatic carbocycles. The van der Waals surface area contributed by atoms with E-state index in [-0.39, 0.29) is 15.7 Å². The van der Waals surface area contributed by atoms with E-state index in [1.54, 1.807) is 61.7 Å². The van der Waals surface area contributed by atoms with Crippen LogP contribution < -0.4 is 14.5 Å². The molecule has 0 radical (unpaired) electrons. The summed E-state index contributed by atoms with van der Waals surface area (Å²) in [7, 11) is -2.50. The summed E-state index contributed by atoms with van der Waals surface area (Å²) < 4.78 is 32.8. The molecule has 3 aromatic carbocycles. The molecule has 4 rings (SSSR count). The smallest absolute Gasteiger partial charge is 0.264 e. The summed E-state index contributed by atoms with van der Waals surface area (Å²) in [6.07, 6.45) is 1.34. The number of halogens is 2. The first-order valence-corrected chi connectivity index (χ1v) is 12.8. The van der Waals surface area contributed by atoms with Gasteiger partial charge in [0.15, 0.2) is 0 Å². The molecule has 0 saturated carbocycles. The third-order valence-electron chi connectivity index (χ3n) is 5.11. The number of sulfonamides is 1. The Balaban J connectivity index is 1.55. The third kappa shape index (κ3) is 5.76. The Kier molecular flexibility index (Phi) is 7.73. The van der Waals surface area contributed by atoms with Crippen LogP contribution in [0.2, 0.25) is 10.2 Å². The van der Waals surface area contributed by atoms with E-state index in [2.05, 4.69) is 15.5 Å². The zero-order chi connectivity index (χ0) is 25.7. The molecule has 1 aromatic heterocycles. The van der Waals surface area contributed by atoms with Crippen LogP contribution in [-0.4, -0.2) is 39.2 Å². The number of hydrazone groups is 1. The molecule has 8 nitrogen and oxygen atoms in total. The largest absolute Gasteiger partial charge is 0.497 e. The Morgan fingerprint density at radius 3 is 2.56 bits per heavy atom. The van der Waals surface area contributed by atoms with Crippen LogP contribution in [0.3, 0.4) is 0 Å². The Labute approximate surface area is 218 Å². The van der Waals surface area contributed by atoms with Crippen molar-refractivity contribution in [3.8, 4) is 5.75 Å². The minimum Gasteiger partial charge on any atom is -0.497 e. The van der Waals surface area contributed by atoms with Crippen molar-refractivity contribution < 1.29 is 17.9 Å². The highest BCUT2D eigenvalue weighted by Crippen LogP contribution is 2.26. The zero-order valence-electron chi connectivity index (χ0n) is 18.9. The number of anilines is 1. The van der Waals surface area contributed by atoms with Crippen molar-refractivity contribution >= 4 is 61.9 Å². The summed E-state index contributed by atoms with van der Waals surface area (Å²) in [5.74, 6) is -0.0187. The molecule has 0 atom stereocenters. The lowest BCUT2D eigenvalue weighted by atomic mass is 10.1. The van der Waals surface area contributed by atoms with Crippen LogP contribution in [0, 0.1) is 0 Å². The maximum absolute atomic E-state index is 13.3. The Bertz CT molecular complexity index is 1550. The molecular weight excluding hydrogens is 523 g/mol. The van der Waals surface area contributed by atoms with Crippen molar-refractivity contribution in [1.82, 2.24) is 10.4 Å². The van der Waals surface area contributed by atoms with E-state index in [0.717, 1.165) is 9.69 Å². The van der Waals surface area contributed by atoms with Gasteiger partial charge < -0.3 is 4.74 Å². The number of amides is 1. The summed E-state index contributed by atoms with van der Waals surface area (Å²) in [6.45, 7) is -0.529. The number of fused-ring (bicyclic) bond motifs is 1. The van der Waals surface area contributed by atoms with Gasteiger partial charge in [-0.3, -0.25) is 9.10 Å². The fourth-order valence-electron chi connectivity index (χ4n) is 3.36. The first-order valence-electron chi connectivity index (χ1n) is 10.6. The molecule has 1 heterocycles. The molecule has 0 unspecified atom stereocenters. The Morgan fingerprint density at radius 1 is 1.06 bits per heavy atom. The lowest BCUT2D eigenvalue weighted by Crippen LogP contribution is -2.39. The fraction of sp³-hybridized carbons (Fsp3) is 0.0800. The highest BCUT2D eigenvalue weighted by atomic mass is 35.5. The van der Waals surface area contributed by atoms with Crippen LogP contribution in [0.15, 0.2) is 88.9 Å². The van der Waals surface area contributed by atoms with E-state index in [1.807, 2.05) is 6.07 Å². The Hall–Kier alpha value is -3.66. The summed E-state index contributed by atoms with van der Waals surface area (Å²) in [5.41, 5.74) is 3.70. The van der Waals surface area contributed by atoms with Crippen LogP contribution >= 0.6 is 23.2 Å². The summed E-state index contributed by atoms with van der Waals surface area (Å²) in [6, 6.07) is 21.2. The van der Waals surface area contributed by atoms with E-state index in [4.69, 9.17) is 27.9 Å². The van der Waals surface area contributed by atoms with Crippen molar-refractivity contribution in [3.05, 3.63) is 94.6 Å². The normalized spacial score (nSPS) is 11.5. The number of hydrogen-bond acceptors (Lipinski definition) is 6. The van der Waals surface area contributed by atoms with Gasteiger partial charge in [-0.2, -0.15) is 5.10 Å². The minimum atomic E-state index is -4.06. The fourth-order valence-corrected chi connectivity index (χ4v) is 5.18. The SMILES string of the molecule is COc1ccc2cc(/C=N\NC(=O)CN(c3cccc(Cl)c3)S(=O)(=O)c3ccccc3)c(Cl)nc2c1. The van der Waals surface area contributed by atoms with E-state index in [9.17, 15) is 13.2 Å². The second-order valence-corrected chi connectivity index (χ2v) is 10.2. The number of ether oxygens (including phenoxy) is 1. The number of methoxy groups -OCH3 is 1. The predicted molar refractivity (Wildman–Crippen MR) is 141 cm³/mol. The molecule has 0 fully saturated rings. The molecular formula is C25H20Cl2N4O4S. The average molecular weight is 543 g/mol. The standard InChI is InChI=1S/C25H20Cl2N4O4S/c1-35-21-11-10-17-12-18(25(27)29-23(17)14-21)15-28-30-24(32)16-31(20-7-5-6-19(26)13-20)36(33,34)22-8-3-2-4-9-22/h2-15H,16H2,1H3,(H,30,32)/b28-15-. The van der Waals surface area contributed by atoms with Crippen molar-refractivity contribution in [3.63, 3.8) is 0 Å². The summed E-state index contributed by atoms with van der Waals surface area (Å²) >= 11 is 12.3. The van der Waals surface area contributed by atoms with Crippen molar-refractivity contribution in [2.75, 3.05) is 18.0 Å².